The van der Waals surface area contributed by atoms with Crippen LogP contribution in [0.5, 0.6) is 0 Å². The Morgan fingerprint density at radius 1 is 0.483 bits per heavy atom. The molecule has 116 heavy (non-hydrogen) atoms. The fraction of sp³-hybridized carbons (Fsp3) is 0.400. The van der Waals surface area contributed by atoms with Crippen molar-refractivity contribution in [2.75, 3.05) is 68.3 Å². The van der Waals surface area contributed by atoms with Crippen LogP contribution in [0, 0.1) is 37.1 Å². The minimum Gasteiger partial charge on any atom is -0.444 e. The molecule has 0 aliphatic carbocycles. The van der Waals surface area contributed by atoms with Crippen molar-refractivity contribution < 1.29 is 63.0 Å². The molecule has 41 heteroatoms. The summed E-state index contributed by atoms with van der Waals surface area (Å²) in [5.41, 5.74) is 6.96. The molecule has 4 saturated heterocycles. The molecule has 6 N–H and O–H groups in total. The van der Waals surface area contributed by atoms with Crippen LogP contribution in [0.25, 0.3) is 44.8 Å². The summed E-state index contributed by atoms with van der Waals surface area (Å²) >= 11 is 28.5. The third-order valence-electron chi connectivity index (χ3n) is 17.3. The minimum atomic E-state index is -4.03. The van der Waals surface area contributed by atoms with Gasteiger partial charge in [-0.3, -0.25) is 0 Å². The average Bonchev–Trinajstić information content (AvgIpc) is 1.60. The molecule has 0 radical (unpaired) electrons. The third kappa shape index (κ3) is 23.6. The van der Waals surface area contributed by atoms with Gasteiger partial charge in [-0.25, -0.2) is 102 Å². The van der Waals surface area contributed by atoms with Crippen LogP contribution in [-0.4, -0.2) is 201 Å². The number of carbonyl (C=O) groups excluding carboxylic acids is 3. The van der Waals surface area contributed by atoms with Crippen molar-refractivity contribution in [1.29, 1.82) is 0 Å². The second kappa shape index (κ2) is 37.3. The molecule has 0 saturated carbocycles. The number of amides is 3. The van der Waals surface area contributed by atoms with Gasteiger partial charge < -0.3 is 55.9 Å². The fourth-order valence-electron chi connectivity index (χ4n) is 11.8. The number of nitrogens with zero attached hydrogens (tertiary/aromatic N) is 15. The Hall–Kier alpha value is -9.66. The van der Waals surface area contributed by atoms with E-state index >= 15 is 0 Å². The molecule has 2 aromatic carbocycles. The zero-order chi connectivity index (χ0) is 84.5. The van der Waals surface area contributed by atoms with Crippen molar-refractivity contribution >= 4 is 136 Å². The first-order valence-corrected chi connectivity index (χ1v) is 41.0. The maximum atomic E-state index is 14.8. The smallest absolute Gasteiger partial charge is 0.410 e. The minimum absolute atomic E-state index is 0.0269. The number of hydrogen-bond donors (Lipinski definition) is 5. The number of carbonyl (C=O) groups is 3. The molecule has 1 unspecified atom stereocenters. The van der Waals surface area contributed by atoms with Crippen LogP contribution in [0.15, 0.2) is 120 Å². The van der Waals surface area contributed by atoms with Crippen LogP contribution in [0.4, 0.5) is 49.4 Å². The Bertz CT molecular complexity index is 5450. The molecule has 30 nitrogen and oxygen atoms in total. The van der Waals surface area contributed by atoms with Gasteiger partial charge >= 0.3 is 18.3 Å². The summed E-state index contributed by atoms with van der Waals surface area (Å²) in [7, 11) is -7.99. The highest BCUT2D eigenvalue weighted by molar-refractivity contribution is 7.90. The van der Waals surface area contributed by atoms with Crippen molar-refractivity contribution in [3.8, 4) is 22.8 Å². The van der Waals surface area contributed by atoms with E-state index in [-0.39, 0.29) is 107 Å². The van der Waals surface area contributed by atoms with Gasteiger partial charge in [-0.05, 0) is 168 Å². The van der Waals surface area contributed by atoms with E-state index < -0.39 is 66.2 Å². The summed E-state index contributed by atoms with van der Waals surface area (Å²) < 4.78 is 127. The van der Waals surface area contributed by atoms with Gasteiger partial charge in [0.15, 0.2) is 68.8 Å². The number of aromatic nitrogens is 12. The number of likely N-dealkylation sites (tertiary alicyclic amines) is 3. The topological polar surface area (TPSA) is 370 Å². The molecule has 4 aliphatic rings. The highest BCUT2D eigenvalue weighted by Gasteiger charge is 2.35. The predicted octanol–water partition coefficient (Wildman–Crippen LogP) is 14.4. The van der Waals surface area contributed by atoms with Gasteiger partial charge in [0.2, 0.25) is 10.6 Å². The lowest BCUT2D eigenvalue weighted by Crippen LogP contribution is -2.36. The maximum absolute atomic E-state index is 14.8. The average molecular weight is 1740 g/mol. The number of pyridine rings is 2. The number of benzene rings is 2. The molecule has 12 heterocycles. The maximum Gasteiger partial charge on any atom is 0.410 e. The largest absolute Gasteiger partial charge is 0.444 e. The first kappa shape index (κ1) is 88.7. The third-order valence-corrected chi connectivity index (χ3v) is 21.7. The van der Waals surface area contributed by atoms with Crippen LogP contribution in [-0.2, 0) is 34.3 Å². The van der Waals surface area contributed by atoms with Gasteiger partial charge in [0.05, 0.1) is 44.6 Å². The number of aryl methyl sites for hydroxylation is 2. The lowest BCUT2D eigenvalue weighted by Gasteiger charge is -2.24. The molecule has 10 aromatic rings. The van der Waals surface area contributed by atoms with Gasteiger partial charge in [0.25, 0.3) is 20.0 Å². The number of anilines is 3. The van der Waals surface area contributed by atoms with Crippen molar-refractivity contribution in [2.24, 2.45) is 5.73 Å². The fourth-order valence-corrected chi connectivity index (χ4v) is 15.2. The number of fused-ring (bicyclic) bond motifs is 2. The zero-order valence-electron chi connectivity index (χ0n) is 64.8. The van der Waals surface area contributed by atoms with Crippen LogP contribution < -0.4 is 27.0 Å². The summed E-state index contributed by atoms with van der Waals surface area (Å²) in [5.74, 6) is -2.23. The molecule has 620 valence electrons. The molecule has 0 spiro atoms. The van der Waals surface area contributed by atoms with E-state index in [0.29, 0.717) is 79.0 Å². The molecule has 4 fully saturated rings. The van der Waals surface area contributed by atoms with Gasteiger partial charge in [-0.15, -0.1) is 0 Å². The summed E-state index contributed by atoms with van der Waals surface area (Å²) in [6.07, 6.45) is 11.4. The number of rotatable bonds is 12. The molecule has 0 bridgehead atoms. The Morgan fingerprint density at radius 3 is 1.22 bits per heavy atom. The lowest BCUT2D eigenvalue weighted by molar-refractivity contribution is 0.0282. The van der Waals surface area contributed by atoms with Crippen LogP contribution in [0.3, 0.4) is 0 Å². The summed E-state index contributed by atoms with van der Waals surface area (Å²) in [6.45, 7) is 24.7. The molecule has 14 rings (SSSR count). The molecular weight excluding hydrogens is 1660 g/mol. The molecule has 4 aliphatic heterocycles. The summed E-state index contributed by atoms with van der Waals surface area (Å²) in [6, 6.07) is 15.9. The van der Waals surface area contributed by atoms with Crippen LogP contribution in [0.1, 0.15) is 99.1 Å². The van der Waals surface area contributed by atoms with Crippen LogP contribution in [0.2, 0.25) is 25.8 Å². The Labute approximate surface area is 692 Å². The van der Waals surface area contributed by atoms with E-state index in [4.69, 9.17) is 77.9 Å². The monoisotopic (exact) mass is 1740 g/mol. The van der Waals surface area contributed by atoms with Gasteiger partial charge in [-0.2, -0.15) is 4.98 Å². The first-order chi connectivity index (χ1) is 54.5. The molecule has 3 amide bonds. The van der Waals surface area contributed by atoms with Crippen molar-refractivity contribution in [2.45, 2.75) is 153 Å². The quantitative estimate of drug-likeness (QED) is 0.0328. The van der Waals surface area contributed by atoms with E-state index in [0.717, 1.165) is 69.8 Å². The number of nitrogens with one attached hydrogen (secondary N) is 4. The van der Waals surface area contributed by atoms with E-state index in [1.807, 2.05) is 55.4 Å². The Morgan fingerprint density at radius 2 is 0.853 bits per heavy atom. The van der Waals surface area contributed by atoms with Crippen molar-refractivity contribution in [1.82, 2.24) is 77.8 Å². The number of halogens is 9. The van der Waals surface area contributed by atoms with E-state index in [2.05, 4.69) is 71.1 Å². The van der Waals surface area contributed by atoms with Gasteiger partial charge in [0.1, 0.15) is 16.8 Å². The van der Waals surface area contributed by atoms with E-state index in [1.165, 1.54) is 49.1 Å². The second-order valence-corrected chi connectivity index (χ2v) is 35.7. The number of nitrogens with two attached hydrogens (primary N) is 1. The highest BCUT2D eigenvalue weighted by Crippen LogP contribution is 2.36. The lowest BCUT2D eigenvalue weighted by atomic mass is 10.2. The second-order valence-electron chi connectivity index (χ2n) is 30.2. The Balaban J connectivity index is 0.000000167. The van der Waals surface area contributed by atoms with Gasteiger partial charge in [0, 0.05) is 117 Å². The van der Waals surface area contributed by atoms with E-state index in [1.54, 1.807) is 71.9 Å². The summed E-state index contributed by atoms with van der Waals surface area (Å²) in [4.78, 5) is 80.4. The first-order valence-electron chi connectivity index (χ1n) is 36.2. The van der Waals surface area contributed by atoms with Crippen molar-refractivity contribution in [3.05, 3.63) is 170 Å². The number of hydrogen-bond acceptors (Lipinski definition) is 25. The normalized spacial score (nSPS) is 16.9. The molecule has 8 aromatic heterocycles. The highest BCUT2D eigenvalue weighted by atomic mass is 35.5. The zero-order valence-corrected chi connectivity index (χ0v) is 70.2. The standard InChI is InChI=1S/C27H28ClFN6O4S.C22H20ClFN6O2S.C13H18ClFN4O2.C9H18N2O2.C4HCl2FN2/c1-16-5-7-19(8-6-16)40(37,38)35-15-21(20-11-17(28)12-31-25(20)35)23-30-13-22(29)24(33-23)32-18-9-10-34(14-18)26(36)39-27(2,3)4;1-13-2-4-16(5-3-13)33(31,32)30-12-18(17-8-14(23)9-27-22(17)30)20-26-11-19(24)21(29-20)28-15-6-7-25-10-15;1-13(2,3)21-12(20)19-5-4-8(7-19)17-10-9(15)6-16-11(14)18-10;1-9(2,3)13-8(12)11-5-4-7(10)6-11;5-3-2(7)1-8-4(6)9-3/h5-8,11-13,15,18H,9-10,14H2,1-4H3,(H,30,32,33);2-5,8-9,11-12,15,25H,6-7,10H2,1H3,(H,26,28,29);6,8H,4-5,7H2,1-3H3,(H,16,17,18);7H,4-6,10H2,1-3H3;1H/t18-;15-;;7-;/m00.0./s1. The van der Waals surface area contributed by atoms with Gasteiger partial charge in [-0.1, -0.05) is 70.2 Å². The number of ether oxygens (including phenoxy) is 3. The molecular formula is C75H85Cl5F4N20O10S2. The Kier molecular flexibility index (Phi) is 28.5. The van der Waals surface area contributed by atoms with Crippen LogP contribution >= 0.6 is 58.0 Å². The SMILES string of the molecule is CC(C)(C)OC(=O)N1CCC(Nc2nc(Cl)ncc2F)C1.CC(C)(C)OC(=O)N1CC[C@H](N)C1.Cc1ccc(S(=O)(=O)n2cc(-c3ncc(F)c(N[C@H]4CCN(C(=O)OC(C)(C)C)C4)n3)c3cc(Cl)cnc32)cc1.Cc1ccc(S(=O)(=O)n2cc(-c3ncc(F)c(N[C@H]4CCNC4)n3)c3cc(Cl)cnc32)cc1.Fc1cnc(Cl)nc1Cl. The predicted molar refractivity (Wildman–Crippen MR) is 433 cm³/mol. The molecule has 4 atom stereocenters. The summed E-state index contributed by atoms with van der Waals surface area (Å²) in [5, 5.41) is 13.4. The van der Waals surface area contributed by atoms with Crippen molar-refractivity contribution in [3.63, 3.8) is 0 Å². The van der Waals surface area contributed by atoms with E-state index in [9.17, 15) is 48.8 Å².